The van der Waals surface area contributed by atoms with Crippen molar-refractivity contribution in [1.29, 1.82) is 0 Å². The van der Waals surface area contributed by atoms with Gasteiger partial charge in [-0.2, -0.15) is 0 Å². The first-order chi connectivity index (χ1) is 11.5. The lowest BCUT2D eigenvalue weighted by Gasteiger charge is -2.17. The van der Waals surface area contributed by atoms with E-state index < -0.39 is 0 Å². The van der Waals surface area contributed by atoms with Gasteiger partial charge in [-0.05, 0) is 36.8 Å². The Labute approximate surface area is 145 Å². The van der Waals surface area contributed by atoms with Crippen molar-refractivity contribution in [3.63, 3.8) is 0 Å². The van der Waals surface area contributed by atoms with E-state index in [-0.39, 0.29) is 23.7 Å². The van der Waals surface area contributed by atoms with Crippen LogP contribution in [0.25, 0.3) is 0 Å². The van der Waals surface area contributed by atoms with Crippen molar-refractivity contribution >= 4 is 17.5 Å². The predicted octanol–water partition coefficient (Wildman–Crippen LogP) is 3.64. The van der Waals surface area contributed by atoms with Crippen LogP contribution < -0.4 is 5.32 Å². The zero-order valence-electron chi connectivity index (χ0n) is 15.4. The van der Waals surface area contributed by atoms with E-state index in [2.05, 4.69) is 38.2 Å². The quantitative estimate of drug-likeness (QED) is 0.791. The highest BCUT2D eigenvalue weighted by atomic mass is 16.2. The van der Waals surface area contributed by atoms with E-state index in [1.165, 1.54) is 0 Å². The van der Waals surface area contributed by atoms with Crippen LogP contribution in [0.4, 0.5) is 5.69 Å². The van der Waals surface area contributed by atoms with Gasteiger partial charge in [0.2, 0.25) is 11.8 Å². The van der Waals surface area contributed by atoms with E-state index in [0.29, 0.717) is 6.42 Å². The van der Waals surface area contributed by atoms with Gasteiger partial charge in [0.25, 0.3) is 0 Å². The van der Waals surface area contributed by atoms with Crippen LogP contribution in [0.1, 0.15) is 51.2 Å². The maximum Gasteiger partial charge on any atom is 0.228 e. The molecule has 1 saturated carbocycles. The van der Waals surface area contributed by atoms with Gasteiger partial charge in [0.1, 0.15) is 0 Å². The van der Waals surface area contributed by atoms with Crippen LogP contribution in [0.3, 0.4) is 0 Å². The molecule has 1 N–H and O–H groups in total. The molecule has 1 aromatic rings. The molecule has 2 rings (SSSR count). The zero-order chi connectivity index (χ0) is 17.7. The van der Waals surface area contributed by atoms with Crippen LogP contribution in [-0.2, 0) is 22.4 Å². The van der Waals surface area contributed by atoms with Crippen molar-refractivity contribution in [2.45, 2.75) is 52.9 Å². The number of hydrogen-bond donors (Lipinski definition) is 1. The summed E-state index contributed by atoms with van der Waals surface area (Å²) < 4.78 is 0. The fourth-order valence-electron chi connectivity index (χ4n) is 3.17. The van der Waals surface area contributed by atoms with E-state index in [1.54, 1.807) is 4.90 Å². The highest BCUT2D eigenvalue weighted by molar-refractivity contribution is 6.00. The molecule has 4 heteroatoms. The van der Waals surface area contributed by atoms with Crippen LogP contribution >= 0.6 is 0 Å². The number of nitrogens with zero attached hydrogens (tertiary/aromatic N) is 1. The summed E-state index contributed by atoms with van der Waals surface area (Å²) in [7, 11) is 1.84. The van der Waals surface area contributed by atoms with Crippen molar-refractivity contribution in [3.05, 3.63) is 29.3 Å². The summed E-state index contributed by atoms with van der Waals surface area (Å²) in [5.41, 5.74) is 3.27. The SMILES string of the molecule is CCCCN(C)C(=O)C1CC1C(=O)Nc1c(CC)cccc1CC. The average molecular weight is 330 g/mol. The number of nitrogens with one attached hydrogen (secondary N) is 1. The van der Waals surface area contributed by atoms with Crippen LogP contribution in [-0.4, -0.2) is 30.3 Å². The lowest BCUT2D eigenvalue weighted by molar-refractivity contribution is -0.132. The van der Waals surface area contributed by atoms with Gasteiger partial charge < -0.3 is 10.2 Å². The summed E-state index contributed by atoms with van der Waals surface area (Å²) in [6.45, 7) is 7.08. The molecule has 0 aromatic heterocycles. The van der Waals surface area contributed by atoms with E-state index in [1.807, 2.05) is 13.1 Å². The molecule has 1 aliphatic carbocycles. The van der Waals surface area contributed by atoms with Gasteiger partial charge in [0.15, 0.2) is 0 Å². The maximum atomic E-state index is 12.6. The summed E-state index contributed by atoms with van der Waals surface area (Å²) in [4.78, 5) is 26.7. The molecular formula is C20H30N2O2. The number of aryl methyl sites for hydroxylation is 2. The minimum absolute atomic E-state index is 0.00663. The first-order valence-corrected chi connectivity index (χ1v) is 9.19. The molecule has 0 radical (unpaired) electrons. The number of para-hydroxylation sites is 1. The topological polar surface area (TPSA) is 49.4 Å². The molecule has 0 spiro atoms. The number of amides is 2. The second-order valence-corrected chi connectivity index (χ2v) is 6.71. The van der Waals surface area contributed by atoms with Crippen molar-refractivity contribution in [2.75, 3.05) is 18.9 Å². The Morgan fingerprint density at radius 2 is 1.75 bits per heavy atom. The molecular weight excluding hydrogens is 300 g/mol. The van der Waals surface area contributed by atoms with Crippen molar-refractivity contribution in [1.82, 2.24) is 4.90 Å². The van der Waals surface area contributed by atoms with Gasteiger partial charge in [-0.3, -0.25) is 9.59 Å². The lowest BCUT2D eigenvalue weighted by atomic mass is 10.0. The summed E-state index contributed by atoms with van der Waals surface area (Å²) >= 11 is 0. The number of anilines is 1. The number of unbranched alkanes of at least 4 members (excludes halogenated alkanes) is 1. The Balaban J connectivity index is 1.99. The third-order valence-corrected chi connectivity index (χ3v) is 4.91. The van der Waals surface area contributed by atoms with Gasteiger partial charge >= 0.3 is 0 Å². The van der Waals surface area contributed by atoms with Gasteiger partial charge in [0, 0.05) is 19.3 Å². The molecule has 1 aliphatic rings. The molecule has 132 valence electrons. The zero-order valence-corrected chi connectivity index (χ0v) is 15.4. The molecule has 0 bridgehead atoms. The third-order valence-electron chi connectivity index (χ3n) is 4.91. The minimum atomic E-state index is -0.170. The molecule has 0 saturated heterocycles. The molecule has 0 aliphatic heterocycles. The summed E-state index contributed by atoms with van der Waals surface area (Å²) in [6.07, 6.45) is 4.53. The molecule has 1 aromatic carbocycles. The number of benzene rings is 1. The smallest absolute Gasteiger partial charge is 0.228 e. The molecule has 1 fully saturated rings. The lowest BCUT2D eigenvalue weighted by Crippen LogP contribution is -2.30. The average Bonchev–Trinajstić information content (AvgIpc) is 3.39. The van der Waals surface area contributed by atoms with E-state index in [4.69, 9.17) is 0 Å². The van der Waals surface area contributed by atoms with Crippen molar-refractivity contribution in [3.8, 4) is 0 Å². The Kier molecular flexibility index (Phi) is 6.41. The first kappa shape index (κ1) is 18.5. The van der Waals surface area contributed by atoms with Crippen LogP contribution in [0.15, 0.2) is 18.2 Å². The second kappa shape index (κ2) is 8.32. The molecule has 2 unspecified atom stereocenters. The summed E-state index contributed by atoms with van der Waals surface area (Å²) in [6, 6.07) is 6.16. The number of rotatable bonds is 8. The molecule has 4 nitrogen and oxygen atoms in total. The van der Waals surface area contributed by atoms with Gasteiger partial charge in [-0.25, -0.2) is 0 Å². The minimum Gasteiger partial charge on any atom is -0.346 e. The normalized spacial score (nSPS) is 19.0. The standard InChI is InChI=1S/C20H30N2O2/c1-5-8-12-22(4)20(24)17-13-16(17)19(23)21-18-14(6-2)10-9-11-15(18)7-3/h9-11,16-17H,5-8,12-13H2,1-4H3,(H,21,23). The van der Waals surface area contributed by atoms with Crippen LogP contribution in [0.2, 0.25) is 0 Å². The first-order valence-electron chi connectivity index (χ1n) is 9.19. The van der Waals surface area contributed by atoms with Gasteiger partial charge in [0.05, 0.1) is 11.8 Å². The largest absolute Gasteiger partial charge is 0.346 e. The van der Waals surface area contributed by atoms with Crippen molar-refractivity contribution < 1.29 is 9.59 Å². The van der Waals surface area contributed by atoms with Gasteiger partial charge in [-0.15, -0.1) is 0 Å². The molecule has 24 heavy (non-hydrogen) atoms. The van der Waals surface area contributed by atoms with Crippen LogP contribution in [0, 0.1) is 11.8 Å². The predicted molar refractivity (Wildman–Crippen MR) is 98.0 cm³/mol. The Morgan fingerprint density at radius 3 is 2.29 bits per heavy atom. The molecule has 2 atom stereocenters. The van der Waals surface area contributed by atoms with Gasteiger partial charge in [-0.1, -0.05) is 45.4 Å². The molecule has 2 amide bonds. The van der Waals surface area contributed by atoms with Crippen LogP contribution in [0.5, 0.6) is 0 Å². The Hall–Kier alpha value is -1.84. The number of carbonyl (C=O) groups excluding carboxylic acids is 2. The van der Waals surface area contributed by atoms with E-state index >= 15 is 0 Å². The maximum absolute atomic E-state index is 12.6. The fourth-order valence-corrected chi connectivity index (χ4v) is 3.17. The number of hydrogen-bond acceptors (Lipinski definition) is 2. The second-order valence-electron chi connectivity index (χ2n) is 6.71. The summed E-state index contributed by atoms with van der Waals surface area (Å²) in [5.74, 6) is -0.196. The highest BCUT2D eigenvalue weighted by Crippen LogP contribution is 2.41. The Morgan fingerprint density at radius 1 is 1.12 bits per heavy atom. The molecule has 0 heterocycles. The van der Waals surface area contributed by atoms with E-state index in [0.717, 1.165) is 49.0 Å². The monoisotopic (exact) mass is 330 g/mol. The summed E-state index contributed by atoms with van der Waals surface area (Å²) in [5, 5.41) is 3.10. The Bertz CT molecular complexity index is 575. The number of carbonyl (C=O) groups is 2. The highest BCUT2D eigenvalue weighted by Gasteiger charge is 2.49. The van der Waals surface area contributed by atoms with Crippen molar-refractivity contribution in [2.24, 2.45) is 11.8 Å². The fraction of sp³-hybridized carbons (Fsp3) is 0.600. The third kappa shape index (κ3) is 4.16. The van der Waals surface area contributed by atoms with E-state index in [9.17, 15) is 9.59 Å².